The van der Waals surface area contributed by atoms with Crippen LogP contribution in [0.2, 0.25) is 5.02 Å². The number of methoxy groups -OCH3 is 1. The summed E-state index contributed by atoms with van der Waals surface area (Å²) in [6.07, 6.45) is -0.0560. The fourth-order valence-corrected chi connectivity index (χ4v) is 2.73. The molecule has 3 rings (SSSR count). The molecule has 0 saturated carbocycles. The predicted molar refractivity (Wildman–Crippen MR) is 101 cm³/mol. The van der Waals surface area contributed by atoms with E-state index in [0.717, 1.165) is 0 Å². The van der Waals surface area contributed by atoms with Gasteiger partial charge in [-0.1, -0.05) is 28.9 Å². The van der Waals surface area contributed by atoms with Crippen molar-refractivity contribution in [3.05, 3.63) is 64.5 Å². The summed E-state index contributed by atoms with van der Waals surface area (Å²) in [5.41, 5.74) is 1.75. The molecule has 0 saturated heterocycles. The Hall–Kier alpha value is -3.19. The number of ether oxygens (including phenoxy) is 2. The minimum absolute atomic E-state index is 0.0560. The molecular weight excluding hydrogens is 384 g/mol. The normalized spacial score (nSPS) is 10.5. The van der Waals surface area contributed by atoms with Crippen LogP contribution in [0.1, 0.15) is 28.7 Å². The van der Waals surface area contributed by atoms with Crippen molar-refractivity contribution in [2.45, 2.75) is 20.0 Å². The number of aromatic nitrogens is 2. The lowest BCUT2D eigenvalue weighted by Crippen LogP contribution is -2.10. The number of esters is 1. The molecule has 3 aromatic rings. The smallest absolute Gasteiger partial charge is 0.310 e. The van der Waals surface area contributed by atoms with Crippen molar-refractivity contribution < 1.29 is 23.6 Å². The summed E-state index contributed by atoms with van der Waals surface area (Å²) >= 11 is 5.95. The molecule has 7 nitrogen and oxygen atoms in total. The first-order valence-electron chi connectivity index (χ1n) is 8.38. The van der Waals surface area contributed by atoms with E-state index in [2.05, 4.69) is 10.1 Å². The number of Topliss-reactive ketones (excluding diaryl/α,β-unsaturated/α-hetero) is 1. The average molecular weight is 401 g/mol. The number of hydrogen-bond donors (Lipinski definition) is 0. The number of halogens is 1. The lowest BCUT2D eigenvalue weighted by Gasteiger charge is -2.09. The maximum atomic E-state index is 12.2. The molecule has 0 atom stereocenters. The van der Waals surface area contributed by atoms with Gasteiger partial charge < -0.3 is 14.0 Å². The number of carbonyl (C=O) groups is 2. The second-order valence-electron chi connectivity index (χ2n) is 5.94. The Bertz CT molecular complexity index is 1020. The van der Waals surface area contributed by atoms with E-state index < -0.39 is 5.97 Å². The Kier molecular flexibility index (Phi) is 6.06. The first kappa shape index (κ1) is 19.6. The molecule has 8 heteroatoms. The lowest BCUT2D eigenvalue weighted by molar-refractivity contribution is -0.144. The highest BCUT2D eigenvalue weighted by Crippen LogP contribution is 2.22. The third-order valence-corrected chi connectivity index (χ3v) is 4.16. The number of benzene rings is 2. The van der Waals surface area contributed by atoms with E-state index in [0.29, 0.717) is 33.3 Å². The van der Waals surface area contributed by atoms with Gasteiger partial charge in [0.25, 0.3) is 5.89 Å². The molecule has 1 aromatic heterocycles. The molecular formula is C20H17ClN2O5. The minimum Gasteiger partial charge on any atom is -0.496 e. The van der Waals surface area contributed by atoms with E-state index >= 15 is 0 Å². The molecule has 0 spiro atoms. The zero-order valence-electron chi connectivity index (χ0n) is 15.3. The first-order valence-corrected chi connectivity index (χ1v) is 8.76. The Morgan fingerprint density at radius 3 is 2.71 bits per heavy atom. The SMILES string of the molecule is COc1ccc(C(C)=O)cc1CC(=O)OCc1nc(-c2cccc(Cl)c2)no1. The van der Waals surface area contributed by atoms with Gasteiger partial charge in [0.05, 0.1) is 13.5 Å². The number of hydrogen-bond acceptors (Lipinski definition) is 7. The zero-order chi connectivity index (χ0) is 20.1. The molecule has 0 unspecified atom stereocenters. The summed E-state index contributed by atoms with van der Waals surface area (Å²) in [6.45, 7) is 1.29. The van der Waals surface area contributed by atoms with Crippen molar-refractivity contribution in [2.75, 3.05) is 7.11 Å². The highest BCUT2D eigenvalue weighted by Gasteiger charge is 2.15. The van der Waals surface area contributed by atoms with Crippen LogP contribution < -0.4 is 4.74 Å². The summed E-state index contributed by atoms with van der Waals surface area (Å²) in [4.78, 5) is 27.9. The molecule has 2 aromatic carbocycles. The Balaban J connectivity index is 1.64. The van der Waals surface area contributed by atoms with E-state index in [-0.39, 0.29) is 24.7 Å². The summed E-state index contributed by atoms with van der Waals surface area (Å²) < 4.78 is 15.5. The standard InChI is InChI=1S/C20H17ClN2O5/c1-12(24)13-6-7-17(26-2)15(8-13)10-19(25)27-11-18-22-20(23-28-18)14-4-3-5-16(21)9-14/h3-9H,10-11H2,1-2H3. The zero-order valence-corrected chi connectivity index (χ0v) is 16.0. The van der Waals surface area contributed by atoms with Gasteiger partial charge in [0.2, 0.25) is 5.82 Å². The third-order valence-electron chi connectivity index (χ3n) is 3.93. The number of carbonyl (C=O) groups excluding carboxylic acids is 2. The van der Waals surface area contributed by atoms with Gasteiger partial charge in [0.15, 0.2) is 12.4 Å². The Morgan fingerprint density at radius 2 is 2.00 bits per heavy atom. The molecule has 0 aliphatic rings. The lowest BCUT2D eigenvalue weighted by atomic mass is 10.0. The van der Waals surface area contributed by atoms with Crippen LogP contribution in [0.4, 0.5) is 0 Å². The van der Waals surface area contributed by atoms with Crippen LogP contribution in [-0.4, -0.2) is 29.0 Å². The highest BCUT2D eigenvalue weighted by atomic mass is 35.5. The van der Waals surface area contributed by atoms with Crippen molar-refractivity contribution in [1.29, 1.82) is 0 Å². The van der Waals surface area contributed by atoms with Gasteiger partial charge in [0.1, 0.15) is 5.75 Å². The molecule has 0 amide bonds. The molecule has 0 aliphatic carbocycles. The van der Waals surface area contributed by atoms with Crippen LogP contribution in [0.15, 0.2) is 47.0 Å². The first-order chi connectivity index (χ1) is 13.5. The minimum atomic E-state index is -0.512. The van der Waals surface area contributed by atoms with Gasteiger partial charge in [-0.2, -0.15) is 4.98 Å². The van der Waals surface area contributed by atoms with Crippen molar-refractivity contribution in [3.8, 4) is 17.1 Å². The summed E-state index contributed by atoms with van der Waals surface area (Å²) in [7, 11) is 1.49. The number of rotatable bonds is 7. The maximum absolute atomic E-state index is 12.2. The van der Waals surface area contributed by atoms with E-state index in [1.54, 1.807) is 42.5 Å². The van der Waals surface area contributed by atoms with Gasteiger partial charge in [0, 0.05) is 21.7 Å². The number of nitrogens with zero attached hydrogens (tertiary/aromatic N) is 2. The Morgan fingerprint density at radius 1 is 1.18 bits per heavy atom. The van der Waals surface area contributed by atoms with E-state index in [1.165, 1.54) is 14.0 Å². The molecule has 0 radical (unpaired) electrons. The van der Waals surface area contributed by atoms with E-state index in [1.807, 2.05) is 0 Å². The summed E-state index contributed by atoms with van der Waals surface area (Å²) in [6, 6.07) is 11.9. The van der Waals surface area contributed by atoms with Gasteiger partial charge in [-0.3, -0.25) is 9.59 Å². The van der Waals surface area contributed by atoms with Crippen molar-refractivity contribution in [3.63, 3.8) is 0 Å². The van der Waals surface area contributed by atoms with Crippen LogP contribution in [0.25, 0.3) is 11.4 Å². The predicted octanol–water partition coefficient (Wildman–Crippen LogP) is 3.89. The molecule has 144 valence electrons. The second-order valence-corrected chi connectivity index (χ2v) is 6.38. The van der Waals surface area contributed by atoms with Crippen LogP contribution in [0.3, 0.4) is 0 Å². The van der Waals surface area contributed by atoms with Gasteiger partial charge in [-0.15, -0.1) is 0 Å². The van der Waals surface area contributed by atoms with Gasteiger partial charge in [-0.05, 0) is 37.3 Å². The fraction of sp³-hybridized carbons (Fsp3) is 0.200. The van der Waals surface area contributed by atoms with Crippen LogP contribution in [-0.2, 0) is 22.6 Å². The Labute approximate surface area is 166 Å². The van der Waals surface area contributed by atoms with Crippen LogP contribution >= 0.6 is 11.6 Å². The topological polar surface area (TPSA) is 91.5 Å². The summed E-state index contributed by atoms with van der Waals surface area (Å²) in [5, 5.41) is 4.41. The van der Waals surface area contributed by atoms with Crippen molar-refractivity contribution in [1.82, 2.24) is 10.1 Å². The van der Waals surface area contributed by atoms with Crippen molar-refractivity contribution in [2.24, 2.45) is 0 Å². The molecule has 28 heavy (non-hydrogen) atoms. The van der Waals surface area contributed by atoms with Gasteiger partial charge in [-0.25, -0.2) is 0 Å². The molecule has 0 N–H and O–H groups in total. The third kappa shape index (κ3) is 4.75. The fourth-order valence-electron chi connectivity index (χ4n) is 2.54. The summed E-state index contributed by atoms with van der Waals surface area (Å²) in [5.74, 6) is 0.401. The average Bonchev–Trinajstić information content (AvgIpc) is 3.15. The molecule has 0 bridgehead atoms. The molecule has 0 fully saturated rings. The maximum Gasteiger partial charge on any atom is 0.310 e. The quantitative estimate of drug-likeness (QED) is 0.439. The van der Waals surface area contributed by atoms with Crippen LogP contribution in [0.5, 0.6) is 5.75 Å². The molecule has 1 heterocycles. The van der Waals surface area contributed by atoms with E-state index in [4.69, 9.17) is 25.6 Å². The molecule has 0 aliphatic heterocycles. The van der Waals surface area contributed by atoms with Crippen molar-refractivity contribution >= 4 is 23.4 Å². The largest absolute Gasteiger partial charge is 0.496 e. The van der Waals surface area contributed by atoms with E-state index in [9.17, 15) is 9.59 Å². The van der Waals surface area contributed by atoms with Gasteiger partial charge >= 0.3 is 5.97 Å². The second kappa shape index (κ2) is 8.67. The van der Waals surface area contributed by atoms with Crippen LogP contribution in [0, 0.1) is 0 Å². The highest BCUT2D eigenvalue weighted by molar-refractivity contribution is 6.30. The monoisotopic (exact) mass is 400 g/mol. The number of ketones is 1.